The summed E-state index contributed by atoms with van der Waals surface area (Å²) in [5.74, 6) is -2.33. The largest absolute Gasteiger partial charge is 0.490 e. The minimum Gasteiger partial charge on any atom is -0.475 e. The Morgan fingerprint density at radius 2 is 1.80 bits per heavy atom. The van der Waals surface area contributed by atoms with Crippen LogP contribution in [0.3, 0.4) is 0 Å². The molecule has 0 unspecified atom stereocenters. The maximum Gasteiger partial charge on any atom is 0.490 e. The van der Waals surface area contributed by atoms with Crippen LogP contribution in [0.1, 0.15) is 30.4 Å². The Morgan fingerprint density at radius 1 is 1.17 bits per heavy atom. The van der Waals surface area contributed by atoms with E-state index in [-0.39, 0.29) is 18.1 Å². The average molecular weight is 428 g/mol. The summed E-state index contributed by atoms with van der Waals surface area (Å²) in [6.07, 6.45) is -1.54. The molecule has 0 aromatic heterocycles. The van der Waals surface area contributed by atoms with Crippen molar-refractivity contribution in [2.24, 2.45) is 5.92 Å². The fraction of sp³-hybridized carbons (Fsp3) is 0.619. The first kappa shape index (κ1) is 22.6. The Morgan fingerprint density at radius 3 is 2.40 bits per heavy atom. The topological polar surface area (TPSA) is 70.1 Å². The molecule has 4 rings (SSSR count). The van der Waals surface area contributed by atoms with E-state index in [1.54, 1.807) is 0 Å². The molecule has 166 valence electrons. The summed E-state index contributed by atoms with van der Waals surface area (Å²) in [5.41, 5.74) is 2.73. The highest BCUT2D eigenvalue weighted by atomic mass is 19.4. The van der Waals surface area contributed by atoms with Crippen molar-refractivity contribution in [2.45, 2.75) is 51.1 Å². The summed E-state index contributed by atoms with van der Waals surface area (Å²) in [6.45, 7) is 6.86. The summed E-state index contributed by atoms with van der Waals surface area (Å²) < 4.78 is 37.8. The minimum atomic E-state index is -5.08. The molecule has 0 radical (unpaired) electrons. The molecule has 3 saturated heterocycles. The van der Waals surface area contributed by atoms with E-state index in [9.17, 15) is 18.0 Å². The smallest absolute Gasteiger partial charge is 0.475 e. The Bertz CT molecular complexity index is 765. The zero-order valence-electron chi connectivity index (χ0n) is 16.9. The van der Waals surface area contributed by atoms with Crippen molar-refractivity contribution in [1.82, 2.24) is 9.80 Å². The Hall–Kier alpha value is -2.13. The van der Waals surface area contributed by atoms with Gasteiger partial charge in [0.05, 0.1) is 18.1 Å². The van der Waals surface area contributed by atoms with Gasteiger partial charge in [-0.2, -0.15) is 13.2 Å². The van der Waals surface area contributed by atoms with Crippen LogP contribution < -0.4 is 0 Å². The van der Waals surface area contributed by atoms with Gasteiger partial charge < -0.3 is 14.7 Å². The van der Waals surface area contributed by atoms with E-state index >= 15 is 0 Å². The number of morpholine rings is 1. The van der Waals surface area contributed by atoms with Crippen molar-refractivity contribution in [3.8, 4) is 0 Å². The van der Waals surface area contributed by atoms with Crippen molar-refractivity contribution in [3.63, 3.8) is 0 Å². The lowest BCUT2D eigenvalue weighted by Gasteiger charge is -2.33. The van der Waals surface area contributed by atoms with Crippen molar-refractivity contribution in [2.75, 3.05) is 26.2 Å². The number of carboxylic acid groups (broad SMARTS) is 1. The van der Waals surface area contributed by atoms with Gasteiger partial charge >= 0.3 is 12.1 Å². The molecule has 3 fully saturated rings. The molecular formula is C21H27F3N2O4. The average Bonchev–Trinajstić information content (AvgIpc) is 3.31. The highest BCUT2D eigenvalue weighted by molar-refractivity contribution is 5.80. The van der Waals surface area contributed by atoms with Crippen LogP contribution >= 0.6 is 0 Å². The maximum absolute atomic E-state index is 12.7. The van der Waals surface area contributed by atoms with E-state index in [1.807, 2.05) is 0 Å². The number of likely N-dealkylation sites (tertiary alicyclic amines) is 2. The molecule has 0 saturated carbocycles. The lowest BCUT2D eigenvalue weighted by atomic mass is 9.99. The molecule has 0 spiro atoms. The van der Waals surface area contributed by atoms with E-state index in [2.05, 4.69) is 41.0 Å². The lowest BCUT2D eigenvalue weighted by molar-refractivity contribution is -0.192. The minimum absolute atomic E-state index is 0.0833. The van der Waals surface area contributed by atoms with Crippen LogP contribution in [-0.2, 0) is 20.9 Å². The third-order valence-electron chi connectivity index (χ3n) is 5.87. The van der Waals surface area contributed by atoms with Crippen LogP contribution in [0, 0.1) is 12.8 Å². The van der Waals surface area contributed by atoms with Gasteiger partial charge in [-0.15, -0.1) is 0 Å². The van der Waals surface area contributed by atoms with Crippen molar-refractivity contribution >= 4 is 11.9 Å². The molecule has 2 bridgehead atoms. The molecule has 9 heteroatoms. The fourth-order valence-corrected chi connectivity index (χ4v) is 4.33. The van der Waals surface area contributed by atoms with Crippen molar-refractivity contribution < 1.29 is 32.6 Å². The van der Waals surface area contributed by atoms with E-state index < -0.39 is 12.1 Å². The SMILES string of the molecule is Cc1ccccc1CN1C[C@H]2C[C@H](C(=O)N3CCCC3)[C@@H](C1)O2.O=C(O)C(F)(F)F. The molecular weight excluding hydrogens is 401 g/mol. The molecule has 3 aliphatic rings. The van der Waals surface area contributed by atoms with Gasteiger partial charge in [0.15, 0.2) is 0 Å². The summed E-state index contributed by atoms with van der Waals surface area (Å²) >= 11 is 0. The van der Waals surface area contributed by atoms with Gasteiger partial charge in [0.1, 0.15) is 0 Å². The Kier molecular flexibility index (Phi) is 7.02. The third kappa shape index (κ3) is 5.51. The van der Waals surface area contributed by atoms with Crippen LogP contribution in [0.15, 0.2) is 24.3 Å². The van der Waals surface area contributed by atoms with Gasteiger partial charge in [-0.3, -0.25) is 9.69 Å². The lowest BCUT2D eigenvalue weighted by Crippen LogP contribution is -2.45. The number of amides is 1. The third-order valence-corrected chi connectivity index (χ3v) is 5.87. The molecule has 30 heavy (non-hydrogen) atoms. The van der Waals surface area contributed by atoms with Crippen LogP contribution in [0.2, 0.25) is 0 Å². The van der Waals surface area contributed by atoms with Crippen molar-refractivity contribution in [3.05, 3.63) is 35.4 Å². The van der Waals surface area contributed by atoms with Gasteiger partial charge in [0.25, 0.3) is 0 Å². The highest BCUT2D eigenvalue weighted by Crippen LogP contribution is 2.34. The molecule has 6 nitrogen and oxygen atoms in total. The first-order chi connectivity index (χ1) is 14.1. The van der Waals surface area contributed by atoms with Gasteiger partial charge in [0, 0.05) is 32.7 Å². The number of aliphatic carboxylic acids is 1. The number of hydrogen-bond donors (Lipinski definition) is 1. The zero-order valence-corrected chi connectivity index (χ0v) is 16.9. The van der Waals surface area contributed by atoms with Gasteiger partial charge in [-0.1, -0.05) is 24.3 Å². The standard InChI is InChI=1S/C19H26N2O2.C2HF3O2/c1-14-6-2-3-7-15(14)11-20-12-16-10-17(18(13-20)23-16)19(22)21-8-4-5-9-21;3-2(4,5)1(6)7/h2-3,6-7,16-18H,4-5,8-13H2,1H3;(H,6,7)/t16-,17+,18-;/m1./s1. The van der Waals surface area contributed by atoms with Crippen LogP contribution in [0.4, 0.5) is 13.2 Å². The summed E-state index contributed by atoms with van der Waals surface area (Å²) in [6, 6.07) is 8.58. The van der Waals surface area contributed by atoms with Gasteiger partial charge in [0.2, 0.25) is 5.91 Å². The van der Waals surface area contributed by atoms with E-state index in [4.69, 9.17) is 14.6 Å². The number of carbonyl (C=O) groups excluding carboxylic acids is 1. The fourth-order valence-electron chi connectivity index (χ4n) is 4.33. The second-order valence-corrected chi connectivity index (χ2v) is 8.09. The number of benzene rings is 1. The highest BCUT2D eigenvalue weighted by Gasteiger charge is 2.46. The number of carbonyl (C=O) groups is 2. The number of hydrogen-bond acceptors (Lipinski definition) is 4. The molecule has 1 aromatic carbocycles. The second-order valence-electron chi connectivity index (χ2n) is 8.09. The first-order valence-corrected chi connectivity index (χ1v) is 10.2. The number of fused-ring (bicyclic) bond motifs is 2. The van der Waals surface area contributed by atoms with Crippen LogP contribution in [-0.4, -0.2) is 71.3 Å². The molecule has 3 heterocycles. The summed E-state index contributed by atoms with van der Waals surface area (Å²) in [5, 5.41) is 7.12. The normalized spacial score (nSPS) is 26.3. The van der Waals surface area contributed by atoms with Gasteiger partial charge in [-0.25, -0.2) is 4.79 Å². The molecule has 0 aliphatic carbocycles. The molecule has 1 N–H and O–H groups in total. The van der Waals surface area contributed by atoms with E-state index in [0.29, 0.717) is 5.91 Å². The number of halogens is 3. The number of alkyl halides is 3. The predicted octanol–water partition coefficient (Wildman–Crippen LogP) is 2.84. The molecule has 1 amide bonds. The molecule has 1 aromatic rings. The van der Waals surface area contributed by atoms with Crippen molar-refractivity contribution in [1.29, 1.82) is 0 Å². The summed E-state index contributed by atoms with van der Waals surface area (Å²) in [7, 11) is 0. The quantitative estimate of drug-likeness (QED) is 0.802. The number of aryl methyl sites for hydroxylation is 1. The first-order valence-electron chi connectivity index (χ1n) is 10.2. The predicted molar refractivity (Wildman–Crippen MR) is 103 cm³/mol. The molecule has 3 aliphatic heterocycles. The Balaban J connectivity index is 0.000000318. The van der Waals surface area contributed by atoms with Crippen LogP contribution in [0.25, 0.3) is 0 Å². The monoisotopic (exact) mass is 428 g/mol. The maximum atomic E-state index is 12.7. The number of rotatable bonds is 3. The summed E-state index contributed by atoms with van der Waals surface area (Å²) in [4.78, 5) is 26.2. The number of carboxylic acids is 1. The second kappa shape index (κ2) is 9.34. The molecule has 3 atom stereocenters. The van der Waals surface area contributed by atoms with E-state index in [0.717, 1.165) is 52.0 Å². The number of ether oxygens (including phenoxy) is 1. The zero-order chi connectivity index (χ0) is 21.9. The van der Waals surface area contributed by atoms with Gasteiger partial charge in [-0.05, 0) is 37.3 Å². The number of nitrogens with zero attached hydrogens (tertiary/aromatic N) is 2. The van der Waals surface area contributed by atoms with E-state index in [1.165, 1.54) is 11.1 Å². The van der Waals surface area contributed by atoms with Crippen LogP contribution in [0.5, 0.6) is 0 Å². The Labute approximate surface area is 173 Å².